The van der Waals surface area contributed by atoms with Gasteiger partial charge >= 0.3 is 5.97 Å². The maximum absolute atomic E-state index is 13.9. The molecule has 164 valence electrons. The van der Waals surface area contributed by atoms with Gasteiger partial charge in [0.25, 0.3) is 0 Å². The predicted molar refractivity (Wildman–Crippen MR) is 125 cm³/mol. The van der Waals surface area contributed by atoms with E-state index in [4.69, 9.17) is 9.97 Å². The first-order valence-corrected chi connectivity index (χ1v) is 11.0. The third-order valence-corrected chi connectivity index (χ3v) is 6.42. The Hall–Kier alpha value is -4.00. The zero-order valence-electron chi connectivity index (χ0n) is 17.8. The Kier molecular flexibility index (Phi) is 4.50. The number of nitrogens with zero attached hydrogens (tertiary/aromatic N) is 3. The van der Waals surface area contributed by atoms with Crippen molar-refractivity contribution in [1.82, 2.24) is 15.0 Å². The van der Waals surface area contributed by atoms with Gasteiger partial charge in [0, 0.05) is 34.9 Å². The molecule has 6 rings (SSSR count). The molecule has 0 saturated heterocycles. The molecule has 0 radical (unpaired) electrons. The van der Waals surface area contributed by atoms with E-state index in [9.17, 15) is 14.3 Å². The average molecular weight is 440 g/mol. The number of aryl methyl sites for hydroxylation is 1. The largest absolute Gasteiger partial charge is 0.481 e. The normalized spacial score (nSPS) is 17.1. The number of aliphatic carboxylic acids is 1. The minimum atomic E-state index is -0.874. The Morgan fingerprint density at radius 1 is 1.12 bits per heavy atom. The van der Waals surface area contributed by atoms with Gasteiger partial charge < -0.3 is 15.0 Å². The molecular weight excluding hydrogens is 419 g/mol. The molecule has 1 atom stereocenters. The van der Waals surface area contributed by atoms with Crippen LogP contribution < -0.4 is 15.6 Å². The quantitative estimate of drug-likeness (QED) is 0.510. The number of anilines is 2. The molecule has 2 N–H and O–H groups in total. The highest BCUT2D eigenvalue weighted by molar-refractivity contribution is 5.88. The fraction of sp³-hybridized carbons (Fsp3) is 0.192. The first-order chi connectivity index (χ1) is 16.1. The van der Waals surface area contributed by atoms with Crippen LogP contribution in [0.2, 0.25) is 0 Å². The maximum Gasteiger partial charge on any atom is 0.310 e. The topological polar surface area (TPSA) is 82.1 Å². The number of hydrogen-bond acceptors (Lipinski definition) is 4. The summed E-state index contributed by atoms with van der Waals surface area (Å²) in [5.41, 5.74) is 4.54. The van der Waals surface area contributed by atoms with Crippen LogP contribution in [-0.4, -0.2) is 32.6 Å². The van der Waals surface area contributed by atoms with Crippen LogP contribution in [0.3, 0.4) is 0 Å². The summed E-state index contributed by atoms with van der Waals surface area (Å²) in [5, 5.41) is 11.8. The lowest BCUT2D eigenvalue weighted by Crippen LogP contribution is -2.39. The smallest absolute Gasteiger partial charge is 0.310 e. The number of hydrogen-bond donors (Lipinski definition) is 2. The molecular formula is C26H21FN4O2. The number of carboxylic acids is 1. The van der Waals surface area contributed by atoms with Gasteiger partial charge in [0.1, 0.15) is 11.5 Å². The van der Waals surface area contributed by atoms with E-state index in [1.165, 1.54) is 6.07 Å². The molecule has 0 fully saturated rings. The Morgan fingerprint density at radius 3 is 2.91 bits per heavy atom. The second-order valence-electron chi connectivity index (χ2n) is 8.53. The van der Waals surface area contributed by atoms with Crippen molar-refractivity contribution in [3.63, 3.8) is 0 Å². The van der Waals surface area contributed by atoms with Gasteiger partial charge in [0.15, 0.2) is 5.82 Å². The molecule has 7 heteroatoms. The summed E-state index contributed by atoms with van der Waals surface area (Å²) in [5.74, 6) is -1.09. The van der Waals surface area contributed by atoms with Crippen LogP contribution in [0.25, 0.3) is 34.3 Å². The zero-order chi connectivity index (χ0) is 22.5. The lowest BCUT2D eigenvalue weighted by molar-refractivity contribution is -0.139. The van der Waals surface area contributed by atoms with Crippen molar-refractivity contribution in [2.24, 2.45) is 5.92 Å². The second-order valence-corrected chi connectivity index (χ2v) is 8.53. The number of nitrogens with one attached hydrogen (secondary N) is 1. The number of rotatable bonds is 3. The number of carbonyl (C=O) groups is 1. The third-order valence-electron chi connectivity index (χ3n) is 6.42. The van der Waals surface area contributed by atoms with E-state index in [0.717, 1.165) is 52.8 Å². The van der Waals surface area contributed by atoms with E-state index in [0.29, 0.717) is 22.9 Å². The van der Waals surface area contributed by atoms with E-state index < -0.39 is 11.9 Å². The van der Waals surface area contributed by atoms with E-state index in [1.54, 1.807) is 18.2 Å². The SMILES string of the molecule is O=C(O)C1C=c2nc(N3CCCc4cc(F)ccc43)c(-c3ccc4[nH]ccc4c3)nc2=CC1. The summed E-state index contributed by atoms with van der Waals surface area (Å²) in [6, 6.07) is 13.0. The van der Waals surface area contributed by atoms with Gasteiger partial charge in [-0.3, -0.25) is 4.79 Å². The van der Waals surface area contributed by atoms with Crippen LogP contribution >= 0.6 is 0 Å². The van der Waals surface area contributed by atoms with Crippen LogP contribution in [0.15, 0.2) is 48.7 Å². The molecule has 2 aromatic heterocycles. The molecule has 0 saturated carbocycles. The molecule has 1 aliphatic heterocycles. The minimum absolute atomic E-state index is 0.252. The molecule has 1 aliphatic carbocycles. The summed E-state index contributed by atoms with van der Waals surface area (Å²) < 4.78 is 13.9. The number of carboxylic acid groups (broad SMARTS) is 1. The molecule has 6 nitrogen and oxygen atoms in total. The fourth-order valence-corrected chi connectivity index (χ4v) is 4.76. The van der Waals surface area contributed by atoms with Gasteiger partial charge in [0.2, 0.25) is 0 Å². The lowest BCUT2D eigenvalue weighted by Gasteiger charge is -2.31. The number of H-pyrrole nitrogens is 1. The molecule has 0 spiro atoms. The highest BCUT2D eigenvalue weighted by Gasteiger charge is 2.25. The Labute approximate surface area is 188 Å². The van der Waals surface area contributed by atoms with Crippen LogP contribution in [0.1, 0.15) is 18.4 Å². The van der Waals surface area contributed by atoms with Crippen LogP contribution in [-0.2, 0) is 11.2 Å². The number of aromatic amines is 1. The Balaban J connectivity index is 1.60. The second kappa shape index (κ2) is 7.55. The van der Waals surface area contributed by atoms with Crippen molar-refractivity contribution in [2.45, 2.75) is 19.3 Å². The lowest BCUT2D eigenvalue weighted by atomic mass is 9.99. The van der Waals surface area contributed by atoms with Crippen molar-refractivity contribution < 1.29 is 14.3 Å². The van der Waals surface area contributed by atoms with Crippen molar-refractivity contribution in [1.29, 1.82) is 0 Å². The van der Waals surface area contributed by atoms with E-state index in [1.807, 2.05) is 30.5 Å². The van der Waals surface area contributed by atoms with Crippen LogP contribution in [0, 0.1) is 11.7 Å². The molecule has 4 aromatic rings. The summed E-state index contributed by atoms with van der Waals surface area (Å²) in [7, 11) is 0. The molecule has 33 heavy (non-hydrogen) atoms. The van der Waals surface area contributed by atoms with Crippen molar-refractivity contribution >= 4 is 40.5 Å². The highest BCUT2D eigenvalue weighted by atomic mass is 19.1. The van der Waals surface area contributed by atoms with Gasteiger partial charge in [-0.05, 0) is 67.3 Å². The Bertz CT molecular complexity index is 1540. The number of benzene rings is 2. The molecule has 0 bridgehead atoms. The standard InChI is InChI=1S/C26H21FN4O2/c27-19-5-8-23-16(13-19)2-1-11-31(23)25-24(17-3-6-20-15(12-17)9-10-28-20)29-21-7-4-18(26(32)33)14-22(21)30-25/h3,5-10,12-14,18,28H,1-2,4,11H2,(H,32,33). The zero-order valence-corrected chi connectivity index (χ0v) is 17.8. The maximum atomic E-state index is 13.9. The molecule has 0 amide bonds. The summed E-state index contributed by atoms with van der Waals surface area (Å²) in [6.07, 6.45) is 7.48. The average Bonchev–Trinajstić information content (AvgIpc) is 3.30. The summed E-state index contributed by atoms with van der Waals surface area (Å²) in [6.45, 7) is 0.720. The van der Waals surface area contributed by atoms with Gasteiger partial charge in [-0.15, -0.1) is 0 Å². The highest BCUT2D eigenvalue weighted by Crippen LogP contribution is 2.37. The molecule has 2 aliphatic rings. The predicted octanol–water partition coefficient (Wildman–Crippen LogP) is 3.51. The third kappa shape index (κ3) is 3.36. The molecule has 3 heterocycles. The summed E-state index contributed by atoms with van der Waals surface area (Å²) >= 11 is 0. The van der Waals surface area contributed by atoms with E-state index >= 15 is 0 Å². The molecule has 2 aromatic carbocycles. The van der Waals surface area contributed by atoms with Gasteiger partial charge in [-0.1, -0.05) is 12.1 Å². The monoisotopic (exact) mass is 440 g/mol. The van der Waals surface area contributed by atoms with Crippen LogP contribution in [0.5, 0.6) is 0 Å². The Morgan fingerprint density at radius 2 is 2.03 bits per heavy atom. The molecule has 1 unspecified atom stereocenters. The number of aromatic nitrogens is 3. The van der Waals surface area contributed by atoms with E-state index in [-0.39, 0.29) is 5.82 Å². The van der Waals surface area contributed by atoms with Crippen molar-refractivity contribution in [3.8, 4) is 11.3 Å². The van der Waals surface area contributed by atoms with Crippen LogP contribution in [0.4, 0.5) is 15.9 Å². The van der Waals surface area contributed by atoms with Gasteiger partial charge in [-0.2, -0.15) is 0 Å². The minimum Gasteiger partial charge on any atom is -0.481 e. The number of fused-ring (bicyclic) bond motifs is 3. The van der Waals surface area contributed by atoms with Crippen molar-refractivity contribution in [2.75, 3.05) is 11.4 Å². The van der Waals surface area contributed by atoms with Gasteiger partial charge in [-0.25, -0.2) is 14.4 Å². The van der Waals surface area contributed by atoms with E-state index in [2.05, 4.69) is 16.0 Å². The first-order valence-electron chi connectivity index (χ1n) is 11.0. The van der Waals surface area contributed by atoms with Gasteiger partial charge in [0.05, 0.1) is 16.6 Å². The van der Waals surface area contributed by atoms with Crippen molar-refractivity contribution in [3.05, 3.63) is 70.7 Å². The first kappa shape index (κ1) is 19.7. The fourth-order valence-electron chi connectivity index (χ4n) is 4.76. The number of halogens is 1. The summed E-state index contributed by atoms with van der Waals surface area (Å²) in [4.78, 5) is 26.8.